The van der Waals surface area contributed by atoms with Crippen LogP contribution in [-0.4, -0.2) is 116 Å². The molecule has 0 saturated carbocycles. The summed E-state index contributed by atoms with van der Waals surface area (Å²) >= 11 is 0. The van der Waals surface area contributed by atoms with Gasteiger partial charge in [0.15, 0.2) is 0 Å². The first-order chi connectivity index (χ1) is 27.2. The van der Waals surface area contributed by atoms with Crippen molar-refractivity contribution in [1.82, 2.24) is 36.4 Å². The maximum atomic E-state index is 14.2. The second kappa shape index (κ2) is 21.3. The third-order valence-corrected chi connectivity index (χ3v) is 9.44. The number of nitrogens with two attached hydrogens (primary N) is 1. The fourth-order valence-electron chi connectivity index (χ4n) is 6.48. The number of furan rings is 1. The van der Waals surface area contributed by atoms with Crippen molar-refractivity contribution in [1.29, 1.82) is 0 Å². The predicted octanol–water partition coefficient (Wildman–Crippen LogP) is -0.469. The Labute approximate surface area is 325 Å². The van der Waals surface area contributed by atoms with Crippen molar-refractivity contribution in [2.75, 3.05) is 52.5 Å². The van der Waals surface area contributed by atoms with E-state index in [2.05, 4.69) is 26.6 Å². The van der Waals surface area contributed by atoms with Gasteiger partial charge in [0.25, 0.3) is 0 Å². The molecule has 0 radical (unpaired) electrons. The van der Waals surface area contributed by atoms with Gasteiger partial charge in [-0.3, -0.25) is 33.7 Å². The van der Waals surface area contributed by atoms with Gasteiger partial charge in [0.1, 0.15) is 23.9 Å². The Morgan fingerprint density at radius 2 is 1.66 bits per heavy atom. The third kappa shape index (κ3) is 12.6. The van der Waals surface area contributed by atoms with E-state index in [1.54, 1.807) is 36.4 Å². The van der Waals surface area contributed by atoms with Crippen molar-refractivity contribution < 1.29 is 37.9 Å². The summed E-state index contributed by atoms with van der Waals surface area (Å²) in [7, 11) is 0. The van der Waals surface area contributed by atoms with Crippen LogP contribution in [0.1, 0.15) is 28.9 Å². The molecule has 2 aromatic carbocycles. The molecule has 0 unspecified atom stereocenters. The number of rotatable bonds is 10. The number of amides is 6. The standard InChI is InChI=1S/C40H50N8O8/c41-15-21-55-22-17-43-38(52)32-14-16-42-35(49)12-13-37(51)48-19-18-47(26-28-7-2-1-3-8-28)34(27-48)40(54)46-33(24-31-11-6-20-56-31)39(53)44-25-30-10-5-4-9-29(30)23-36(50)45-32/h1-13,20,32-34H,14-19,21-27,41H2,(H,42,49)(H,43,52)(H,44,53)(H,45,50)(H,46,54)/b13-12+/t32-,33-,34+/m0/s1. The van der Waals surface area contributed by atoms with Gasteiger partial charge >= 0.3 is 0 Å². The smallest absolute Gasteiger partial charge is 0.246 e. The van der Waals surface area contributed by atoms with Gasteiger partial charge in [0.05, 0.1) is 25.9 Å². The number of ether oxygens (including phenoxy) is 1. The highest BCUT2D eigenvalue weighted by Gasteiger charge is 2.36. The number of nitrogens with zero attached hydrogens (tertiary/aromatic N) is 2. The molecule has 7 N–H and O–H groups in total. The molecule has 2 bridgehead atoms. The number of hydrogen-bond acceptors (Lipinski definition) is 10. The average Bonchev–Trinajstić information content (AvgIpc) is 3.72. The summed E-state index contributed by atoms with van der Waals surface area (Å²) in [6.07, 6.45) is 3.74. The topological polar surface area (TPSA) is 217 Å². The van der Waals surface area contributed by atoms with E-state index in [0.29, 0.717) is 49.7 Å². The van der Waals surface area contributed by atoms with Crippen LogP contribution in [0.15, 0.2) is 89.6 Å². The van der Waals surface area contributed by atoms with Gasteiger partial charge in [-0.2, -0.15) is 0 Å². The number of nitrogens with one attached hydrogen (secondary N) is 5. The summed E-state index contributed by atoms with van der Waals surface area (Å²) in [6, 6.07) is 17.3. The summed E-state index contributed by atoms with van der Waals surface area (Å²) in [6.45, 7) is 2.25. The molecule has 1 aromatic heterocycles. The SMILES string of the molecule is NCCOCCNC(=O)[C@@H]1CCNC(=O)/C=C/C(=O)N2CCN(Cc3ccccc3)[C@H](C2)C(=O)N[C@@H](Cc2ccco2)C(=O)NCc2ccccc2CC(=O)N1. The first-order valence-electron chi connectivity index (χ1n) is 18.7. The maximum absolute atomic E-state index is 14.2. The number of hydrogen-bond donors (Lipinski definition) is 6. The minimum absolute atomic E-state index is 0.0136. The van der Waals surface area contributed by atoms with Crippen LogP contribution in [0, 0.1) is 0 Å². The molecule has 56 heavy (non-hydrogen) atoms. The van der Waals surface area contributed by atoms with Gasteiger partial charge < -0.3 is 46.4 Å². The zero-order valence-corrected chi connectivity index (χ0v) is 31.2. The quantitative estimate of drug-likeness (QED) is 0.146. The highest BCUT2D eigenvalue weighted by molar-refractivity contribution is 5.97. The van der Waals surface area contributed by atoms with Gasteiger partial charge in [-0.15, -0.1) is 0 Å². The molecule has 16 heteroatoms. The number of benzene rings is 2. The molecule has 2 aliphatic rings. The largest absolute Gasteiger partial charge is 0.469 e. The Morgan fingerprint density at radius 3 is 2.43 bits per heavy atom. The van der Waals surface area contributed by atoms with E-state index in [1.165, 1.54) is 11.2 Å². The van der Waals surface area contributed by atoms with Crippen molar-refractivity contribution in [3.63, 3.8) is 0 Å². The van der Waals surface area contributed by atoms with Crippen LogP contribution in [-0.2, 0) is 59.4 Å². The minimum atomic E-state index is -1.05. The third-order valence-electron chi connectivity index (χ3n) is 9.44. The van der Waals surface area contributed by atoms with E-state index in [1.807, 2.05) is 35.2 Å². The van der Waals surface area contributed by atoms with Gasteiger partial charge in [-0.1, -0.05) is 54.6 Å². The van der Waals surface area contributed by atoms with Crippen LogP contribution in [0.2, 0.25) is 0 Å². The molecule has 0 aliphatic carbocycles. The molecule has 0 spiro atoms. The second-order valence-electron chi connectivity index (χ2n) is 13.5. The van der Waals surface area contributed by atoms with E-state index in [4.69, 9.17) is 14.9 Å². The Bertz CT molecular complexity index is 1820. The molecule has 1 saturated heterocycles. The Balaban J connectivity index is 1.40. The lowest BCUT2D eigenvalue weighted by Crippen LogP contribution is -2.61. The van der Waals surface area contributed by atoms with Gasteiger partial charge in [-0.05, 0) is 35.2 Å². The van der Waals surface area contributed by atoms with Crippen LogP contribution in [0.3, 0.4) is 0 Å². The first-order valence-corrected chi connectivity index (χ1v) is 18.7. The molecule has 5 rings (SSSR count). The predicted molar refractivity (Wildman–Crippen MR) is 205 cm³/mol. The van der Waals surface area contributed by atoms with E-state index < -0.39 is 53.6 Å². The molecule has 6 amide bonds. The maximum Gasteiger partial charge on any atom is 0.246 e. The Hall–Kier alpha value is -5.84. The molecular formula is C40H50N8O8. The molecular weight excluding hydrogens is 720 g/mol. The summed E-state index contributed by atoms with van der Waals surface area (Å²) in [5.74, 6) is -2.40. The number of carbonyl (C=O) groups excluding carboxylic acids is 6. The van der Waals surface area contributed by atoms with Gasteiger partial charge in [0, 0.05) is 70.9 Å². The second-order valence-corrected chi connectivity index (χ2v) is 13.5. The van der Waals surface area contributed by atoms with Crippen LogP contribution in [0.25, 0.3) is 0 Å². The Morgan fingerprint density at radius 1 is 0.875 bits per heavy atom. The lowest BCUT2D eigenvalue weighted by molar-refractivity contribution is -0.138. The number of fused-ring (bicyclic) bond motifs is 3. The summed E-state index contributed by atoms with van der Waals surface area (Å²) in [5.41, 5.74) is 7.71. The monoisotopic (exact) mass is 770 g/mol. The van der Waals surface area contributed by atoms with Crippen molar-refractivity contribution in [2.45, 2.75) is 50.5 Å². The highest BCUT2D eigenvalue weighted by atomic mass is 16.5. The first kappa shape index (κ1) is 41.3. The van der Waals surface area contributed by atoms with E-state index in [0.717, 1.165) is 17.7 Å². The Kier molecular flexibility index (Phi) is 15.7. The molecule has 3 aromatic rings. The fraction of sp³-hybridized carbons (Fsp3) is 0.400. The van der Waals surface area contributed by atoms with Crippen molar-refractivity contribution in [3.8, 4) is 0 Å². The van der Waals surface area contributed by atoms with Crippen LogP contribution in [0.4, 0.5) is 0 Å². The normalized spacial score (nSPS) is 21.3. The number of carbonyl (C=O) groups is 6. The zero-order chi connectivity index (χ0) is 39.7. The van der Waals surface area contributed by atoms with Gasteiger partial charge in [-0.25, -0.2) is 0 Å². The minimum Gasteiger partial charge on any atom is -0.469 e. The molecule has 3 atom stereocenters. The molecule has 1 fully saturated rings. The van der Waals surface area contributed by atoms with Crippen LogP contribution < -0.4 is 32.3 Å². The lowest BCUT2D eigenvalue weighted by atomic mass is 10.0. The van der Waals surface area contributed by atoms with Gasteiger partial charge in [0.2, 0.25) is 35.4 Å². The highest BCUT2D eigenvalue weighted by Crippen LogP contribution is 2.17. The van der Waals surface area contributed by atoms with E-state index in [-0.39, 0.29) is 52.0 Å². The summed E-state index contributed by atoms with van der Waals surface area (Å²) in [5, 5.41) is 14.0. The van der Waals surface area contributed by atoms with Crippen LogP contribution >= 0.6 is 0 Å². The van der Waals surface area contributed by atoms with E-state index in [9.17, 15) is 28.8 Å². The van der Waals surface area contributed by atoms with Crippen molar-refractivity contribution >= 4 is 35.4 Å². The average molecular weight is 771 g/mol. The molecule has 16 nitrogen and oxygen atoms in total. The number of piperazine rings is 1. The van der Waals surface area contributed by atoms with Crippen LogP contribution in [0.5, 0.6) is 0 Å². The summed E-state index contributed by atoms with van der Waals surface area (Å²) in [4.78, 5) is 84.2. The van der Waals surface area contributed by atoms with E-state index >= 15 is 0 Å². The zero-order valence-electron chi connectivity index (χ0n) is 31.2. The summed E-state index contributed by atoms with van der Waals surface area (Å²) < 4.78 is 10.9. The molecule has 2 aliphatic heterocycles. The molecule has 298 valence electrons. The molecule has 3 heterocycles. The fourth-order valence-corrected chi connectivity index (χ4v) is 6.48. The van der Waals surface area contributed by atoms with Crippen molar-refractivity contribution in [3.05, 3.63) is 108 Å². The van der Waals surface area contributed by atoms with Crippen molar-refractivity contribution in [2.24, 2.45) is 5.73 Å². The lowest BCUT2D eigenvalue weighted by Gasteiger charge is -2.40.